The van der Waals surface area contributed by atoms with Crippen molar-refractivity contribution in [2.24, 2.45) is 5.92 Å². The molecule has 0 saturated carbocycles. The van der Waals surface area contributed by atoms with Gasteiger partial charge in [-0.3, -0.25) is 4.79 Å². The highest BCUT2D eigenvalue weighted by Crippen LogP contribution is 2.34. The Hall–Kier alpha value is -1.75. The molecule has 5 nitrogen and oxygen atoms in total. The number of nitrogens with one attached hydrogen (secondary N) is 2. The van der Waals surface area contributed by atoms with E-state index in [-0.39, 0.29) is 12.7 Å². The fourth-order valence-electron chi connectivity index (χ4n) is 2.75. The molecule has 3 rings (SSSR count). The van der Waals surface area contributed by atoms with Crippen molar-refractivity contribution in [2.75, 3.05) is 31.7 Å². The lowest BCUT2D eigenvalue weighted by molar-refractivity contribution is -0.897. The molecule has 2 aliphatic heterocycles. The normalized spacial score (nSPS) is 24.4. The van der Waals surface area contributed by atoms with Gasteiger partial charge in [0.1, 0.15) is 0 Å². The van der Waals surface area contributed by atoms with Crippen LogP contribution in [0.15, 0.2) is 18.2 Å². The van der Waals surface area contributed by atoms with Crippen molar-refractivity contribution in [1.82, 2.24) is 0 Å². The molecular formula is C15H21N2O3+. The summed E-state index contributed by atoms with van der Waals surface area (Å²) in [5.41, 5.74) is 0.768. The van der Waals surface area contributed by atoms with E-state index in [1.165, 1.54) is 17.7 Å². The molecule has 5 heteroatoms. The molecule has 108 valence electrons. The first-order chi connectivity index (χ1) is 9.70. The van der Waals surface area contributed by atoms with E-state index in [9.17, 15) is 4.79 Å². The molecule has 0 atom stereocenters. The molecule has 1 saturated heterocycles. The number of fused-ring (bicyclic) bond motifs is 1. The van der Waals surface area contributed by atoms with E-state index in [0.717, 1.165) is 30.4 Å². The summed E-state index contributed by atoms with van der Waals surface area (Å²) in [5, 5.41) is 2.93. The van der Waals surface area contributed by atoms with Gasteiger partial charge in [-0.15, -0.1) is 0 Å². The highest BCUT2D eigenvalue weighted by molar-refractivity contribution is 5.91. The van der Waals surface area contributed by atoms with Crippen LogP contribution in [0.4, 0.5) is 5.69 Å². The van der Waals surface area contributed by atoms with Gasteiger partial charge >= 0.3 is 0 Å². The van der Waals surface area contributed by atoms with Crippen molar-refractivity contribution in [3.05, 3.63) is 18.2 Å². The Bertz CT molecular complexity index is 496. The molecule has 0 aromatic heterocycles. The van der Waals surface area contributed by atoms with E-state index < -0.39 is 0 Å². The number of hydrogen-bond donors (Lipinski definition) is 2. The summed E-state index contributed by atoms with van der Waals surface area (Å²) in [7, 11) is 0. The Balaban J connectivity index is 1.54. The van der Waals surface area contributed by atoms with Crippen LogP contribution in [-0.4, -0.2) is 32.3 Å². The summed E-state index contributed by atoms with van der Waals surface area (Å²) in [6.07, 6.45) is 2.43. The van der Waals surface area contributed by atoms with Crippen molar-refractivity contribution in [1.29, 1.82) is 0 Å². The minimum Gasteiger partial charge on any atom is -0.454 e. The Labute approximate surface area is 118 Å². The Kier molecular flexibility index (Phi) is 3.78. The van der Waals surface area contributed by atoms with Crippen molar-refractivity contribution in [2.45, 2.75) is 19.8 Å². The summed E-state index contributed by atoms with van der Waals surface area (Å²) in [6, 6.07) is 5.49. The van der Waals surface area contributed by atoms with Gasteiger partial charge in [0.2, 0.25) is 6.79 Å². The largest absolute Gasteiger partial charge is 0.454 e. The monoisotopic (exact) mass is 277 g/mol. The highest BCUT2D eigenvalue weighted by Gasteiger charge is 2.21. The quantitative estimate of drug-likeness (QED) is 0.854. The Morgan fingerprint density at radius 3 is 2.85 bits per heavy atom. The lowest BCUT2D eigenvalue weighted by Crippen LogP contribution is -3.14. The fourth-order valence-corrected chi connectivity index (χ4v) is 2.75. The van der Waals surface area contributed by atoms with Crippen molar-refractivity contribution >= 4 is 11.6 Å². The number of carbonyl (C=O) groups is 1. The molecule has 0 bridgehead atoms. The predicted octanol–water partition coefficient (Wildman–Crippen LogP) is 0.669. The first-order valence-electron chi connectivity index (χ1n) is 7.24. The first kappa shape index (κ1) is 13.2. The smallest absolute Gasteiger partial charge is 0.279 e. The van der Waals surface area contributed by atoms with E-state index in [1.807, 2.05) is 18.2 Å². The zero-order valence-corrected chi connectivity index (χ0v) is 11.8. The molecular weight excluding hydrogens is 256 g/mol. The third-order valence-corrected chi connectivity index (χ3v) is 4.05. The van der Waals surface area contributed by atoms with E-state index in [2.05, 4.69) is 12.2 Å². The molecule has 1 aromatic rings. The zero-order chi connectivity index (χ0) is 13.9. The van der Waals surface area contributed by atoms with Crippen LogP contribution >= 0.6 is 0 Å². The van der Waals surface area contributed by atoms with Crippen LogP contribution in [0.5, 0.6) is 11.5 Å². The number of piperidine rings is 1. The third-order valence-electron chi connectivity index (χ3n) is 4.05. The number of quaternary nitrogens is 1. The maximum atomic E-state index is 12.1. The van der Waals surface area contributed by atoms with Gasteiger partial charge in [-0.1, -0.05) is 6.92 Å². The van der Waals surface area contributed by atoms with Crippen LogP contribution in [-0.2, 0) is 4.79 Å². The van der Waals surface area contributed by atoms with Crippen LogP contribution in [0.25, 0.3) is 0 Å². The van der Waals surface area contributed by atoms with Gasteiger partial charge < -0.3 is 19.7 Å². The Morgan fingerprint density at radius 1 is 1.30 bits per heavy atom. The summed E-state index contributed by atoms with van der Waals surface area (Å²) < 4.78 is 10.6. The third kappa shape index (κ3) is 3.04. The number of ether oxygens (including phenoxy) is 2. The summed E-state index contributed by atoms with van der Waals surface area (Å²) in [6.45, 7) is 5.26. The number of hydrogen-bond acceptors (Lipinski definition) is 3. The number of benzene rings is 1. The van der Waals surface area contributed by atoms with Crippen LogP contribution in [0.1, 0.15) is 19.8 Å². The first-order valence-corrected chi connectivity index (χ1v) is 7.24. The van der Waals surface area contributed by atoms with Crippen molar-refractivity contribution in [3.63, 3.8) is 0 Å². The molecule has 0 radical (unpaired) electrons. The van der Waals surface area contributed by atoms with Crippen molar-refractivity contribution < 1.29 is 19.2 Å². The molecule has 1 amide bonds. The molecule has 0 aliphatic carbocycles. The number of amides is 1. The number of rotatable bonds is 3. The predicted molar refractivity (Wildman–Crippen MR) is 75.2 cm³/mol. The van der Waals surface area contributed by atoms with Gasteiger partial charge in [0.25, 0.3) is 5.91 Å². The van der Waals surface area contributed by atoms with Gasteiger partial charge in [0, 0.05) is 11.8 Å². The highest BCUT2D eigenvalue weighted by atomic mass is 16.7. The number of anilines is 1. The second-order valence-corrected chi connectivity index (χ2v) is 5.73. The standard InChI is InChI=1S/C15H20N2O3/c1-11-4-6-17(7-5-11)9-15(18)16-12-2-3-13-14(8-12)20-10-19-13/h2-3,8,11H,4-7,9-10H2,1H3,(H,16,18)/p+1. The maximum absolute atomic E-state index is 12.1. The molecule has 20 heavy (non-hydrogen) atoms. The molecule has 2 aliphatic rings. The molecule has 1 aromatic carbocycles. The van der Waals surface area contributed by atoms with Gasteiger partial charge in [0.15, 0.2) is 18.0 Å². The fraction of sp³-hybridized carbons (Fsp3) is 0.533. The summed E-state index contributed by atoms with van der Waals surface area (Å²) >= 11 is 0. The second-order valence-electron chi connectivity index (χ2n) is 5.73. The lowest BCUT2D eigenvalue weighted by atomic mass is 9.99. The second kappa shape index (κ2) is 5.71. The van der Waals surface area contributed by atoms with Gasteiger partial charge in [0.05, 0.1) is 13.1 Å². The number of carbonyl (C=O) groups excluding carboxylic acids is 1. The average Bonchev–Trinajstić information content (AvgIpc) is 2.89. The number of likely N-dealkylation sites (tertiary alicyclic amines) is 1. The van der Waals surface area contributed by atoms with Crippen LogP contribution in [0, 0.1) is 5.92 Å². The van der Waals surface area contributed by atoms with E-state index >= 15 is 0 Å². The SMILES string of the molecule is CC1CC[NH+](CC(=O)Nc2ccc3c(c2)OCO3)CC1. The van der Waals surface area contributed by atoms with E-state index in [0.29, 0.717) is 12.3 Å². The van der Waals surface area contributed by atoms with Gasteiger partial charge in [-0.25, -0.2) is 0 Å². The average molecular weight is 277 g/mol. The van der Waals surface area contributed by atoms with Crippen LogP contribution in [0.2, 0.25) is 0 Å². The summed E-state index contributed by atoms with van der Waals surface area (Å²) in [5.74, 6) is 2.30. The Morgan fingerprint density at radius 2 is 2.05 bits per heavy atom. The van der Waals surface area contributed by atoms with Crippen LogP contribution < -0.4 is 19.7 Å². The van der Waals surface area contributed by atoms with Gasteiger partial charge in [-0.2, -0.15) is 0 Å². The molecule has 2 N–H and O–H groups in total. The molecule has 0 spiro atoms. The lowest BCUT2D eigenvalue weighted by Gasteiger charge is -2.26. The minimum absolute atomic E-state index is 0.0634. The zero-order valence-electron chi connectivity index (χ0n) is 11.8. The maximum Gasteiger partial charge on any atom is 0.279 e. The molecule has 1 fully saturated rings. The van der Waals surface area contributed by atoms with Crippen molar-refractivity contribution in [3.8, 4) is 11.5 Å². The molecule has 2 heterocycles. The molecule has 0 unspecified atom stereocenters. The summed E-state index contributed by atoms with van der Waals surface area (Å²) in [4.78, 5) is 13.4. The minimum atomic E-state index is 0.0634. The van der Waals surface area contributed by atoms with Gasteiger partial charge in [-0.05, 0) is 30.9 Å². The van der Waals surface area contributed by atoms with E-state index in [1.54, 1.807) is 0 Å². The topological polar surface area (TPSA) is 52.0 Å². The van der Waals surface area contributed by atoms with Crippen LogP contribution in [0.3, 0.4) is 0 Å². The van der Waals surface area contributed by atoms with E-state index in [4.69, 9.17) is 9.47 Å².